The van der Waals surface area contributed by atoms with Crippen LogP contribution in [0.2, 0.25) is 0 Å². The van der Waals surface area contributed by atoms with E-state index in [1.165, 1.54) is 63.5 Å². The molecule has 1 fully saturated rings. The molecule has 1 aliphatic rings. The zero-order valence-electron chi connectivity index (χ0n) is 14.7. The number of carboxylic acids is 1. The molecule has 1 atom stereocenters. The van der Waals surface area contributed by atoms with Crippen molar-refractivity contribution >= 4 is 5.97 Å². The summed E-state index contributed by atoms with van der Waals surface area (Å²) in [5.41, 5.74) is 0.220. The number of aromatic carboxylic acids is 1. The van der Waals surface area contributed by atoms with E-state index in [-0.39, 0.29) is 35.1 Å². The van der Waals surface area contributed by atoms with E-state index in [9.17, 15) is 9.90 Å². The van der Waals surface area contributed by atoms with Crippen molar-refractivity contribution in [3.05, 3.63) is 35.9 Å². The van der Waals surface area contributed by atoms with E-state index in [1.54, 1.807) is 18.2 Å². The zero-order valence-corrected chi connectivity index (χ0v) is 16.7. The fourth-order valence-corrected chi connectivity index (χ4v) is 2.90. The van der Waals surface area contributed by atoms with Gasteiger partial charge in [-0.15, -0.1) is 0 Å². The van der Waals surface area contributed by atoms with Gasteiger partial charge >= 0.3 is 29.6 Å². The SMILES string of the molecule is CC(CO)CCCC1CCCCC1.O=C([O-])c1ccccc1.[Na+]. The van der Waals surface area contributed by atoms with Crippen LogP contribution in [0.4, 0.5) is 0 Å². The van der Waals surface area contributed by atoms with E-state index < -0.39 is 5.97 Å². The molecule has 0 heterocycles. The summed E-state index contributed by atoms with van der Waals surface area (Å²) in [6, 6.07) is 8.06. The third-order valence-corrected chi connectivity index (χ3v) is 4.36. The Labute approximate surface area is 162 Å². The number of carbonyl (C=O) groups excluding carboxylic acids is 1. The smallest absolute Gasteiger partial charge is 0.545 e. The molecule has 0 aliphatic heterocycles. The molecule has 1 saturated carbocycles. The molecule has 1 aromatic rings. The Kier molecular flexibility index (Phi) is 13.8. The maximum Gasteiger partial charge on any atom is 1.00 e. The van der Waals surface area contributed by atoms with Crippen molar-refractivity contribution in [3.63, 3.8) is 0 Å². The largest absolute Gasteiger partial charge is 1.00 e. The van der Waals surface area contributed by atoms with Gasteiger partial charge in [0.2, 0.25) is 0 Å². The van der Waals surface area contributed by atoms with Crippen LogP contribution in [-0.4, -0.2) is 17.7 Å². The number of carboxylic acid groups (broad SMARTS) is 1. The number of hydrogen-bond acceptors (Lipinski definition) is 3. The van der Waals surface area contributed by atoms with Crippen molar-refractivity contribution in [3.8, 4) is 0 Å². The van der Waals surface area contributed by atoms with Gasteiger partial charge in [-0.1, -0.05) is 82.2 Å². The summed E-state index contributed by atoms with van der Waals surface area (Å²) in [5.74, 6) is 0.402. The molecule has 0 spiro atoms. The Morgan fingerprint density at radius 1 is 1.22 bits per heavy atom. The maximum absolute atomic E-state index is 10.1. The average Bonchev–Trinajstić information content (AvgIpc) is 2.57. The van der Waals surface area contributed by atoms with Gasteiger partial charge < -0.3 is 15.0 Å². The molecule has 3 nitrogen and oxygen atoms in total. The second kappa shape index (κ2) is 14.0. The van der Waals surface area contributed by atoms with Gasteiger partial charge in [-0.3, -0.25) is 0 Å². The molecule has 1 aliphatic carbocycles. The number of aliphatic hydroxyl groups excluding tert-OH is 1. The minimum absolute atomic E-state index is 0. The van der Waals surface area contributed by atoms with Crippen LogP contribution in [0.5, 0.6) is 0 Å². The minimum atomic E-state index is -1.13. The molecule has 0 radical (unpaired) electrons. The van der Waals surface area contributed by atoms with E-state index in [0.717, 1.165) is 5.92 Å². The molecule has 23 heavy (non-hydrogen) atoms. The van der Waals surface area contributed by atoms with Gasteiger partial charge in [-0.25, -0.2) is 0 Å². The van der Waals surface area contributed by atoms with Crippen molar-refractivity contribution in [1.82, 2.24) is 0 Å². The summed E-state index contributed by atoms with van der Waals surface area (Å²) in [5, 5.41) is 19.0. The number of rotatable bonds is 6. The summed E-state index contributed by atoms with van der Waals surface area (Å²) >= 11 is 0. The van der Waals surface area contributed by atoms with Gasteiger partial charge in [0.15, 0.2) is 0 Å². The summed E-state index contributed by atoms with van der Waals surface area (Å²) in [4.78, 5) is 10.1. The Morgan fingerprint density at radius 3 is 2.30 bits per heavy atom. The second-order valence-corrected chi connectivity index (χ2v) is 6.38. The zero-order chi connectivity index (χ0) is 16.2. The molecule has 1 aromatic carbocycles. The van der Waals surface area contributed by atoms with Crippen LogP contribution in [0.25, 0.3) is 0 Å². The molecule has 124 valence electrons. The van der Waals surface area contributed by atoms with Crippen molar-refractivity contribution in [1.29, 1.82) is 0 Å². The van der Waals surface area contributed by atoms with E-state index in [4.69, 9.17) is 5.11 Å². The van der Waals surface area contributed by atoms with Gasteiger partial charge in [0.1, 0.15) is 0 Å². The minimum Gasteiger partial charge on any atom is -0.545 e. The van der Waals surface area contributed by atoms with Crippen molar-refractivity contribution < 1.29 is 44.6 Å². The first-order chi connectivity index (χ1) is 10.6. The topological polar surface area (TPSA) is 60.4 Å². The van der Waals surface area contributed by atoms with E-state index >= 15 is 0 Å². The number of hydrogen-bond donors (Lipinski definition) is 1. The molecular formula is C19H29NaO3. The Hall–Kier alpha value is -0.350. The molecule has 1 unspecified atom stereocenters. The van der Waals surface area contributed by atoms with Gasteiger partial charge in [0.05, 0.1) is 5.97 Å². The molecule has 2 rings (SSSR count). The van der Waals surface area contributed by atoms with Crippen molar-refractivity contribution in [2.75, 3.05) is 6.61 Å². The number of benzene rings is 1. The molecule has 1 N–H and O–H groups in total. The fraction of sp³-hybridized carbons (Fsp3) is 0.632. The van der Waals surface area contributed by atoms with Crippen LogP contribution >= 0.6 is 0 Å². The Morgan fingerprint density at radius 2 is 1.83 bits per heavy atom. The van der Waals surface area contributed by atoms with Crippen LogP contribution in [0, 0.1) is 11.8 Å². The average molecular weight is 328 g/mol. The number of aliphatic hydroxyl groups is 1. The molecule has 0 saturated heterocycles. The monoisotopic (exact) mass is 328 g/mol. The Bertz CT molecular complexity index is 402. The predicted molar refractivity (Wildman–Crippen MR) is 87.4 cm³/mol. The maximum atomic E-state index is 10.1. The molecular weight excluding hydrogens is 299 g/mol. The molecule has 0 amide bonds. The second-order valence-electron chi connectivity index (χ2n) is 6.38. The van der Waals surface area contributed by atoms with Crippen LogP contribution in [0.15, 0.2) is 30.3 Å². The first-order valence-corrected chi connectivity index (χ1v) is 8.50. The first kappa shape index (κ1) is 22.6. The quantitative estimate of drug-likeness (QED) is 0.770. The molecule has 4 heteroatoms. The Balaban J connectivity index is 0.000000427. The van der Waals surface area contributed by atoms with Gasteiger partial charge in [-0.05, 0) is 23.8 Å². The van der Waals surface area contributed by atoms with Gasteiger partial charge in [-0.2, -0.15) is 0 Å². The van der Waals surface area contributed by atoms with Crippen LogP contribution < -0.4 is 34.7 Å². The van der Waals surface area contributed by atoms with Crippen LogP contribution in [-0.2, 0) is 0 Å². The third kappa shape index (κ3) is 10.9. The third-order valence-electron chi connectivity index (χ3n) is 4.36. The van der Waals surface area contributed by atoms with E-state index in [0.29, 0.717) is 12.5 Å². The van der Waals surface area contributed by atoms with E-state index in [2.05, 4.69) is 6.92 Å². The number of carbonyl (C=O) groups is 1. The van der Waals surface area contributed by atoms with E-state index in [1.807, 2.05) is 0 Å². The van der Waals surface area contributed by atoms with Crippen molar-refractivity contribution in [2.24, 2.45) is 11.8 Å². The summed E-state index contributed by atoms with van der Waals surface area (Å²) < 4.78 is 0. The first-order valence-electron chi connectivity index (χ1n) is 8.50. The van der Waals surface area contributed by atoms with Crippen LogP contribution in [0.1, 0.15) is 68.6 Å². The summed E-state index contributed by atoms with van der Waals surface area (Å²) in [6.07, 6.45) is 11.3. The standard InChI is InChI=1S/C12H24O.C7H6O2.Na/c1-11(10-13)6-5-9-12-7-3-2-4-8-12;8-7(9)6-4-2-1-3-5-6;/h11-13H,2-10H2,1H3;1-5H,(H,8,9);/q;;+1/p-1. The predicted octanol–water partition coefficient (Wildman–Crippen LogP) is 0.420. The van der Waals surface area contributed by atoms with Crippen molar-refractivity contribution in [2.45, 2.75) is 58.3 Å². The van der Waals surface area contributed by atoms with Crippen LogP contribution in [0.3, 0.4) is 0 Å². The molecule has 0 bridgehead atoms. The summed E-state index contributed by atoms with van der Waals surface area (Å²) in [6.45, 7) is 2.51. The molecule has 0 aromatic heterocycles. The van der Waals surface area contributed by atoms with Gasteiger partial charge in [0, 0.05) is 6.61 Å². The summed E-state index contributed by atoms with van der Waals surface area (Å²) in [7, 11) is 0. The normalized spacial score (nSPS) is 15.7. The van der Waals surface area contributed by atoms with Gasteiger partial charge in [0.25, 0.3) is 0 Å². The fourth-order valence-electron chi connectivity index (χ4n) is 2.90.